The van der Waals surface area contributed by atoms with Gasteiger partial charge in [0.1, 0.15) is 10.7 Å². The van der Waals surface area contributed by atoms with Gasteiger partial charge >= 0.3 is 0 Å². The molecule has 0 unspecified atom stereocenters. The van der Waals surface area contributed by atoms with E-state index in [1.807, 2.05) is 24.5 Å². The van der Waals surface area contributed by atoms with E-state index in [0.29, 0.717) is 31.2 Å². The number of rotatable bonds is 7. The lowest BCUT2D eigenvalue weighted by Gasteiger charge is -2.38. The van der Waals surface area contributed by atoms with Crippen LogP contribution in [0.3, 0.4) is 0 Å². The highest BCUT2D eigenvalue weighted by molar-refractivity contribution is 6.30. The van der Waals surface area contributed by atoms with Gasteiger partial charge in [-0.25, -0.2) is 4.98 Å². The number of carbonyl (C=O) groups excluding carboxylic acids is 1. The van der Waals surface area contributed by atoms with Gasteiger partial charge in [0.05, 0.1) is 11.2 Å². The molecule has 26 heavy (non-hydrogen) atoms. The predicted molar refractivity (Wildman–Crippen MR) is 101 cm³/mol. The molecule has 142 valence electrons. The van der Waals surface area contributed by atoms with Crippen LogP contribution in [0.2, 0.25) is 5.15 Å². The Morgan fingerprint density at radius 1 is 1.27 bits per heavy atom. The number of hydrogen-bond acceptors (Lipinski definition) is 4. The summed E-state index contributed by atoms with van der Waals surface area (Å²) >= 11 is 6.16. The van der Waals surface area contributed by atoms with Gasteiger partial charge in [-0.15, -0.1) is 0 Å². The average Bonchev–Trinajstić information content (AvgIpc) is 3.01. The van der Waals surface area contributed by atoms with Crippen molar-refractivity contribution in [2.24, 2.45) is 5.73 Å². The Balaban J connectivity index is 2.27. The molecule has 7 heteroatoms. The molecule has 6 nitrogen and oxygen atoms in total. The maximum absolute atomic E-state index is 12.7. The van der Waals surface area contributed by atoms with Gasteiger partial charge in [0, 0.05) is 24.8 Å². The summed E-state index contributed by atoms with van der Waals surface area (Å²) < 4.78 is 13.7. The summed E-state index contributed by atoms with van der Waals surface area (Å²) in [6.07, 6.45) is 5.54. The Bertz CT molecular complexity index is 778. The van der Waals surface area contributed by atoms with Crippen molar-refractivity contribution in [1.29, 1.82) is 0 Å². The van der Waals surface area contributed by atoms with Crippen LogP contribution in [0.5, 0.6) is 0 Å². The van der Waals surface area contributed by atoms with Crippen molar-refractivity contribution in [3.63, 3.8) is 0 Å². The van der Waals surface area contributed by atoms with Crippen molar-refractivity contribution in [2.75, 3.05) is 13.2 Å². The van der Waals surface area contributed by atoms with Gasteiger partial charge in [0.2, 0.25) is 5.91 Å². The van der Waals surface area contributed by atoms with E-state index in [1.54, 1.807) is 12.3 Å². The Hall–Kier alpha value is -1.63. The summed E-state index contributed by atoms with van der Waals surface area (Å²) in [5.41, 5.74) is 6.77. The van der Waals surface area contributed by atoms with Crippen molar-refractivity contribution < 1.29 is 14.3 Å². The minimum absolute atomic E-state index is 0.323. The van der Waals surface area contributed by atoms with E-state index in [4.69, 9.17) is 26.8 Å². The molecule has 0 spiro atoms. The number of halogens is 1. The van der Waals surface area contributed by atoms with Crippen molar-refractivity contribution >= 4 is 28.4 Å². The summed E-state index contributed by atoms with van der Waals surface area (Å²) in [5, 5.41) is 1.27. The zero-order valence-electron chi connectivity index (χ0n) is 15.3. The first-order valence-corrected chi connectivity index (χ1v) is 9.61. The van der Waals surface area contributed by atoms with Gasteiger partial charge in [-0.3, -0.25) is 4.79 Å². The third kappa shape index (κ3) is 3.33. The quantitative estimate of drug-likeness (QED) is 0.584. The first-order valence-electron chi connectivity index (χ1n) is 9.24. The minimum Gasteiger partial charge on any atom is -0.368 e. The first kappa shape index (κ1) is 19.1. The molecular weight excluding hydrogens is 354 g/mol. The third-order valence-electron chi connectivity index (χ3n) is 5.13. The zero-order valence-corrected chi connectivity index (χ0v) is 16.1. The van der Waals surface area contributed by atoms with Crippen LogP contribution >= 0.6 is 11.6 Å². The van der Waals surface area contributed by atoms with E-state index in [0.717, 1.165) is 35.9 Å². The van der Waals surface area contributed by atoms with Gasteiger partial charge in [-0.2, -0.15) is 0 Å². The molecule has 2 aromatic rings. The number of carbonyl (C=O) groups is 1. The van der Waals surface area contributed by atoms with Crippen LogP contribution in [0.15, 0.2) is 18.3 Å². The van der Waals surface area contributed by atoms with Crippen LogP contribution in [0.4, 0.5) is 0 Å². The fourth-order valence-corrected chi connectivity index (χ4v) is 4.14. The van der Waals surface area contributed by atoms with Gasteiger partial charge in [0.15, 0.2) is 6.29 Å². The second-order valence-electron chi connectivity index (χ2n) is 6.67. The smallest absolute Gasteiger partial charge is 0.243 e. The number of fused-ring (bicyclic) bond motifs is 1. The molecule has 1 amide bonds. The van der Waals surface area contributed by atoms with Crippen molar-refractivity contribution in [2.45, 2.75) is 57.8 Å². The van der Waals surface area contributed by atoms with E-state index < -0.39 is 11.8 Å². The highest BCUT2D eigenvalue weighted by atomic mass is 35.5. The minimum atomic E-state index is -0.799. The van der Waals surface area contributed by atoms with Gasteiger partial charge in [-0.05, 0) is 38.8 Å². The van der Waals surface area contributed by atoms with Crippen LogP contribution in [0.25, 0.3) is 10.9 Å². The lowest BCUT2D eigenvalue weighted by molar-refractivity contribution is -0.147. The number of aromatic nitrogens is 2. The zero-order chi connectivity index (χ0) is 18.7. The molecule has 1 aliphatic rings. The first-order chi connectivity index (χ1) is 12.5. The summed E-state index contributed by atoms with van der Waals surface area (Å²) in [6.45, 7) is 4.83. The van der Waals surface area contributed by atoms with Crippen molar-refractivity contribution in [3.8, 4) is 0 Å². The van der Waals surface area contributed by atoms with Crippen LogP contribution in [-0.2, 0) is 19.8 Å². The Labute approximate surface area is 158 Å². The molecule has 0 saturated heterocycles. The second kappa shape index (κ2) is 7.94. The van der Waals surface area contributed by atoms with Gasteiger partial charge in [-0.1, -0.05) is 30.9 Å². The fraction of sp³-hybridized carbons (Fsp3) is 0.579. The lowest BCUT2D eigenvalue weighted by atomic mass is 9.80. The lowest BCUT2D eigenvalue weighted by Crippen LogP contribution is -2.48. The standard InChI is InChI=1S/C19H26ClN3O3/c1-3-25-17(26-4-2)15-10-13-12-22-16(20)11-14(13)23(15)19(18(21)24)8-6-5-7-9-19/h10-12,17H,3-9H2,1-2H3,(H2,21,24). The number of nitrogens with two attached hydrogens (primary N) is 1. The fourth-order valence-electron chi connectivity index (χ4n) is 3.99. The Morgan fingerprint density at radius 3 is 2.50 bits per heavy atom. The molecule has 2 aromatic heterocycles. The van der Waals surface area contributed by atoms with Crippen molar-refractivity contribution in [1.82, 2.24) is 9.55 Å². The molecule has 0 radical (unpaired) electrons. The number of ether oxygens (including phenoxy) is 2. The number of amides is 1. The molecule has 0 aromatic carbocycles. The molecule has 0 bridgehead atoms. The molecule has 0 atom stereocenters. The molecule has 0 aliphatic heterocycles. The Kier molecular flexibility index (Phi) is 5.85. The topological polar surface area (TPSA) is 79.4 Å². The monoisotopic (exact) mass is 379 g/mol. The molecule has 2 N–H and O–H groups in total. The van der Waals surface area contributed by atoms with Crippen LogP contribution in [0.1, 0.15) is 57.9 Å². The molecule has 1 saturated carbocycles. The summed E-state index contributed by atoms with van der Waals surface area (Å²) in [6, 6.07) is 3.75. The van der Waals surface area contributed by atoms with Crippen LogP contribution in [-0.4, -0.2) is 28.7 Å². The number of hydrogen-bond donors (Lipinski definition) is 1. The maximum Gasteiger partial charge on any atom is 0.243 e. The normalized spacial score (nSPS) is 17.1. The number of pyridine rings is 1. The van der Waals surface area contributed by atoms with Gasteiger partial charge in [0.25, 0.3) is 0 Å². The summed E-state index contributed by atoms with van der Waals surface area (Å²) in [4.78, 5) is 16.8. The number of primary amides is 1. The molecule has 1 aliphatic carbocycles. The maximum atomic E-state index is 12.7. The SMILES string of the molecule is CCOC(OCC)c1cc2cnc(Cl)cc2n1C1(C(N)=O)CCCCC1. The molecule has 3 rings (SSSR count). The average molecular weight is 380 g/mol. The molecule has 2 heterocycles. The predicted octanol–water partition coefficient (Wildman–Crippen LogP) is 3.91. The second-order valence-corrected chi connectivity index (χ2v) is 7.06. The summed E-state index contributed by atoms with van der Waals surface area (Å²) in [7, 11) is 0. The summed E-state index contributed by atoms with van der Waals surface area (Å²) in [5.74, 6) is -0.323. The van der Waals surface area contributed by atoms with E-state index in [2.05, 4.69) is 4.98 Å². The molecule has 1 fully saturated rings. The number of nitrogens with zero attached hydrogens (tertiary/aromatic N) is 2. The van der Waals surface area contributed by atoms with Crippen molar-refractivity contribution in [3.05, 3.63) is 29.2 Å². The highest BCUT2D eigenvalue weighted by Crippen LogP contribution is 2.41. The van der Waals surface area contributed by atoms with E-state index in [1.165, 1.54) is 0 Å². The highest BCUT2D eigenvalue weighted by Gasteiger charge is 2.43. The largest absolute Gasteiger partial charge is 0.368 e. The third-order valence-corrected chi connectivity index (χ3v) is 5.33. The van der Waals surface area contributed by atoms with E-state index in [9.17, 15) is 4.79 Å². The van der Waals surface area contributed by atoms with E-state index in [-0.39, 0.29) is 5.91 Å². The van der Waals surface area contributed by atoms with E-state index >= 15 is 0 Å². The Morgan fingerprint density at radius 2 is 1.92 bits per heavy atom. The molecular formula is C19H26ClN3O3. The van der Waals surface area contributed by atoms with Crippen LogP contribution in [0, 0.1) is 0 Å². The van der Waals surface area contributed by atoms with Crippen LogP contribution < -0.4 is 5.73 Å². The van der Waals surface area contributed by atoms with Gasteiger partial charge < -0.3 is 19.8 Å².